The highest BCUT2D eigenvalue weighted by atomic mass is 16.3. The van der Waals surface area contributed by atoms with Crippen molar-refractivity contribution in [2.24, 2.45) is 0 Å². The fourth-order valence-electron chi connectivity index (χ4n) is 7.19. The summed E-state index contributed by atoms with van der Waals surface area (Å²) < 4.78 is 6.25. The van der Waals surface area contributed by atoms with Gasteiger partial charge in [0.25, 0.3) is 0 Å². The molecular weight excluding hydrogens is 623 g/mol. The van der Waals surface area contributed by atoms with E-state index in [0.29, 0.717) is 17.5 Å². The third-order valence-electron chi connectivity index (χ3n) is 9.71. The van der Waals surface area contributed by atoms with Crippen LogP contribution in [0, 0.1) is 0 Å². The molecule has 2 heterocycles. The smallest absolute Gasteiger partial charge is 0.164 e. The van der Waals surface area contributed by atoms with Crippen LogP contribution in [0.4, 0.5) is 0 Å². The summed E-state index contributed by atoms with van der Waals surface area (Å²) in [6, 6.07) is 61.1. The van der Waals surface area contributed by atoms with Gasteiger partial charge in [-0.1, -0.05) is 140 Å². The number of nitrogens with zero attached hydrogens (tertiary/aromatic N) is 3. The molecule has 0 aliphatic rings. The third kappa shape index (κ3) is 5.13. The lowest BCUT2D eigenvalue weighted by atomic mass is 9.94. The Bertz CT molecular complexity index is 2910. The van der Waals surface area contributed by atoms with Gasteiger partial charge in [0.1, 0.15) is 11.2 Å². The lowest BCUT2D eigenvalue weighted by molar-refractivity contribution is 0.669. The van der Waals surface area contributed by atoms with Crippen molar-refractivity contribution < 1.29 is 4.42 Å². The quantitative estimate of drug-likeness (QED) is 0.186. The Kier molecular flexibility index (Phi) is 6.78. The molecule has 4 heteroatoms. The molecule has 0 saturated carbocycles. The molecule has 2 aromatic heterocycles. The van der Waals surface area contributed by atoms with Crippen molar-refractivity contribution in [3.8, 4) is 56.4 Å². The van der Waals surface area contributed by atoms with Gasteiger partial charge in [0.2, 0.25) is 0 Å². The summed E-state index contributed by atoms with van der Waals surface area (Å²) in [5.74, 6) is 1.86. The average molecular weight is 652 g/mol. The van der Waals surface area contributed by atoms with Crippen molar-refractivity contribution in [1.29, 1.82) is 0 Å². The maximum Gasteiger partial charge on any atom is 0.164 e. The van der Waals surface area contributed by atoms with Gasteiger partial charge in [-0.25, -0.2) is 15.0 Å². The summed E-state index contributed by atoms with van der Waals surface area (Å²) in [7, 11) is 0. The predicted molar refractivity (Wildman–Crippen MR) is 209 cm³/mol. The largest absolute Gasteiger partial charge is 0.456 e. The van der Waals surface area contributed by atoms with Crippen LogP contribution in [0.15, 0.2) is 180 Å². The summed E-state index contributed by atoms with van der Waals surface area (Å²) in [4.78, 5) is 15.5. The number of fused-ring (bicyclic) bond motifs is 5. The van der Waals surface area contributed by atoms with E-state index < -0.39 is 0 Å². The fourth-order valence-corrected chi connectivity index (χ4v) is 7.19. The first-order chi connectivity index (χ1) is 25.2. The van der Waals surface area contributed by atoms with Gasteiger partial charge >= 0.3 is 0 Å². The third-order valence-corrected chi connectivity index (χ3v) is 9.71. The highest BCUT2D eigenvalue weighted by molar-refractivity contribution is 6.10. The number of para-hydroxylation sites is 1. The molecule has 8 aromatic carbocycles. The Morgan fingerprint density at radius 3 is 1.67 bits per heavy atom. The summed E-state index contributed by atoms with van der Waals surface area (Å²) in [6.07, 6.45) is 0. The molecule has 10 aromatic rings. The number of benzene rings is 8. The van der Waals surface area contributed by atoms with Crippen molar-refractivity contribution in [1.82, 2.24) is 15.0 Å². The zero-order chi connectivity index (χ0) is 33.7. The SMILES string of the molecule is c1ccc(-c2cccc(-c3nc(-c4ccc5cc6c(cc5c4)oc4ccccc46)nc(-c4ccc(-c5ccccc5)c5ccccc45)n3)c2)cc1. The second-order valence-corrected chi connectivity index (χ2v) is 12.8. The predicted octanol–water partition coefficient (Wildman–Crippen LogP) is 12.4. The molecule has 0 fully saturated rings. The molecule has 0 atom stereocenters. The first-order valence-electron chi connectivity index (χ1n) is 17.1. The van der Waals surface area contributed by atoms with Crippen molar-refractivity contribution in [2.45, 2.75) is 0 Å². The van der Waals surface area contributed by atoms with Crippen molar-refractivity contribution in [3.05, 3.63) is 176 Å². The van der Waals surface area contributed by atoms with E-state index in [2.05, 4.69) is 152 Å². The normalized spacial score (nSPS) is 11.5. The summed E-state index contributed by atoms with van der Waals surface area (Å²) in [5, 5.41) is 6.66. The second kappa shape index (κ2) is 11.9. The standard InChI is InChI=1S/C47H29N3O/c1-3-12-30(13-4-1)32-16-11-17-34(26-32)45-48-46(35-23-22-33-28-42-40-20-9-10-21-43(40)51-44(42)29-36(33)27-35)50-47(49-45)41-25-24-37(31-14-5-2-6-15-31)38-18-7-8-19-39(38)41/h1-29H. The van der Waals surface area contributed by atoms with Crippen LogP contribution >= 0.6 is 0 Å². The Morgan fingerprint density at radius 2 is 0.882 bits per heavy atom. The van der Waals surface area contributed by atoms with E-state index in [4.69, 9.17) is 19.4 Å². The number of rotatable bonds is 5. The molecule has 0 radical (unpaired) electrons. The van der Waals surface area contributed by atoms with Crippen molar-refractivity contribution in [3.63, 3.8) is 0 Å². The van der Waals surface area contributed by atoms with Crippen LogP contribution in [0.2, 0.25) is 0 Å². The van der Waals surface area contributed by atoms with Gasteiger partial charge in [0.05, 0.1) is 0 Å². The summed E-state index contributed by atoms with van der Waals surface area (Å²) in [6.45, 7) is 0. The first kappa shape index (κ1) is 29.0. The number of furan rings is 1. The van der Waals surface area contributed by atoms with Crippen molar-refractivity contribution in [2.75, 3.05) is 0 Å². The van der Waals surface area contributed by atoms with Gasteiger partial charge in [-0.3, -0.25) is 0 Å². The Balaban J connectivity index is 1.18. The fraction of sp³-hybridized carbons (Fsp3) is 0. The molecule has 10 rings (SSSR count). The summed E-state index contributed by atoms with van der Waals surface area (Å²) >= 11 is 0. The Hall–Kier alpha value is -6.91. The molecule has 0 unspecified atom stereocenters. The Labute approximate surface area is 294 Å². The maximum atomic E-state index is 6.25. The van der Waals surface area contributed by atoms with Gasteiger partial charge in [-0.2, -0.15) is 0 Å². The maximum absolute atomic E-state index is 6.25. The molecule has 0 spiro atoms. The van der Waals surface area contributed by atoms with Gasteiger partial charge < -0.3 is 4.42 Å². The Morgan fingerprint density at radius 1 is 0.294 bits per heavy atom. The first-order valence-corrected chi connectivity index (χ1v) is 17.1. The van der Waals surface area contributed by atoms with Crippen LogP contribution in [-0.4, -0.2) is 15.0 Å². The van der Waals surface area contributed by atoms with E-state index in [-0.39, 0.29) is 0 Å². The molecule has 0 aliphatic heterocycles. The van der Waals surface area contributed by atoms with Crippen LogP contribution in [-0.2, 0) is 0 Å². The lowest BCUT2D eigenvalue weighted by Gasteiger charge is -2.13. The van der Waals surface area contributed by atoms with Gasteiger partial charge in [0, 0.05) is 27.5 Å². The van der Waals surface area contributed by atoms with E-state index in [1.54, 1.807) is 0 Å². The molecule has 0 amide bonds. The van der Waals surface area contributed by atoms with Crippen LogP contribution < -0.4 is 0 Å². The molecule has 238 valence electrons. The minimum atomic E-state index is 0.614. The summed E-state index contributed by atoms with van der Waals surface area (Å²) in [5.41, 5.74) is 9.13. The number of aromatic nitrogens is 3. The average Bonchev–Trinajstić information content (AvgIpc) is 3.57. The van der Waals surface area contributed by atoms with Crippen LogP contribution in [0.3, 0.4) is 0 Å². The van der Waals surface area contributed by atoms with E-state index in [1.807, 2.05) is 24.3 Å². The minimum absolute atomic E-state index is 0.614. The number of hydrogen-bond acceptors (Lipinski definition) is 4. The molecule has 0 N–H and O–H groups in total. The molecule has 4 nitrogen and oxygen atoms in total. The molecule has 51 heavy (non-hydrogen) atoms. The van der Waals surface area contributed by atoms with E-state index in [0.717, 1.165) is 71.3 Å². The van der Waals surface area contributed by atoms with Crippen LogP contribution in [0.1, 0.15) is 0 Å². The highest BCUT2D eigenvalue weighted by Gasteiger charge is 2.17. The topological polar surface area (TPSA) is 51.8 Å². The van der Waals surface area contributed by atoms with Gasteiger partial charge in [-0.15, -0.1) is 0 Å². The van der Waals surface area contributed by atoms with Crippen LogP contribution in [0.25, 0.3) is 99.9 Å². The van der Waals surface area contributed by atoms with E-state index >= 15 is 0 Å². The van der Waals surface area contributed by atoms with E-state index in [1.165, 1.54) is 11.1 Å². The van der Waals surface area contributed by atoms with E-state index in [9.17, 15) is 0 Å². The van der Waals surface area contributed by atoms with Crippen LogP contribution in [0.5, 0.6) is 0 Å². The molecule has 0 aliphatic carbocycles. The minimum Gasteiger partial charge on any atom is -0.456 e. The lowest BCUT2D eigenvalue weighted by Crippen LogP contribution is -2.01. The number of hydrogen-bond donors (Lipinski definition) is 0. The van der Waals surface area contributed by atoms with Gasteiger partial charge in [0.15, 0.2) is 17.5 Å². The molecular formula is C47H29N3O. The molecule has 0 bridgehead atoms. The highest BCUT2D eigenvalue weighted by Crippen LogP contribution is 2.37. The van der Waals surface area contributed by atoms with Crippen molar-refractivity contribution >= 4 is 43.5 Å². The van der Waals surface area contributed by atoms with Gasteiger partial charge in [-0.05, 0) is 80.2 Å². The molecule has 0 saturated heterocycles. The zero-order valence-corrected chi connectivity index (χ0v) is 27.5. The zero-order valence-electron chi connectivity index (χ0n) is 27.5. The second-order valence-electron chi connectivity index (χ2n) is 12.8. The monoisotopic (exact) mass is 651 g/mol.